The molecular weight excluding hydrogens is 819 g/mol. The summed E-state index contributed by atoms with van der Waals surface area (Å²) in [7, 11) is 6.54. The van der Waals surface area contributed by atoms with Gasteiger partial charge in [0.05, 0.1) is 36.6 Å². The van der Waals surface area contributed by atoms with Crippen molar-refractivity contribution in [3.05, 3.63) is 36.5 Å². The molecule has 3 fully saturated rings. The van der Waals surface area contributed by atoms with Gasteiger partial charge in [0.2, 0.25) is 35.4 Å². The molecule has 3 aliphatic rings. The van der Waals surface area contributed by atoms with Gasteiger partial charge in [0, 0.05) is 79.0 Å². The summed E-state index contributed by atoms with van der Waals surface area (Å²) < 4.78 is 12.1. The molecule has 64 heavy (non-hydrogen) atoms. The fourth-order valence-corrected chi connectivity index (χ4v) is 9.69. The van der Waals surface area contributed by atoms with Crippen molar-refractivity contribution in [2.75, 3.05) is 41.4 Å². The number of amides is 6. The highest BCUT2D eigenvalue weighted by molar-refractivity contribution is 6.03. The molecule has 15 heteroatoms. The lowest BCUT2D eigenvalue weighted by atomic mass is 9.89. The minimum Gasteiger partial charge on any atom is -0.480 e. The van der Waals surface area contributed by atoms with E-state index >= 15 is 0 Å². The number of likely N-dealkylation sites (tertiary alicyclic amines) is 2. The Balaban J connectivity index is 1.71. The van der Waals surface area contributed by atoms with Crippen molar-refractivity contribution in [2.24, 2.45) is 29.1 Å². The number of carboxylic acid groups (broad SMARTS) is 1. The molecule has 15 nitrogen and oxygen atoms in total. The van der Waals surface area contributed by atoms with Crippen LogP contribution in [0.15, 0.2) is 36.5 Å². The molecule has 1 spiro atoms. The standard InChI is InChI=1S/C49H79N5O10/c1-13-19-35(20-14-2)26-36(48(61)62)50-46(59)34(8)45(64-12)38-29-49(22-23-49)30-54(38)43(58)28-39(63-11)44(32(6)15-3)52(10)41(56)27-37(31(4)5)51(9)40(55)21-17-16-18-24-53-42(57)25-33(7)47(53)60/h13-14,19-20,31-34,36-39,44-45H,1,15-18,21-30H2,2-12H3,(H,50,59)(H,61,62)/b20-14-,35-19+/t32?,33?,34?,36?,37?,38?,39?,44?,45-/m1/s1. The second-order valence-corrected chi connectivity index (χ2v) is 19.0. The number of methoxy groups -OCH3 is 2. The van der Waals surface area contributed by atoms with Gasteiger partial charge >= 0.3 is 5.97 Å². The number of nitrogens with one attached hydrogen (secondary N) is 1. The van der Waals surface area contributed by atoms with Gasteiger partial charge in [0.1, 0.15) is 6.04 Å². The summed E-state index contributed by atoms with van der Waals surface area (Å²) in [6, 6.07) is -2.47. The fourth-order valence-electron chi connectivity index (χ4n) is 9.69. The summed E-state index contributed by atoms with van der Waals surface area (Å²) >= 11 is 0. The van der Waals surface area contributed by atoms with Gasteiger partial charge in [-0.25, -0.2) is 4.79 Å². The van der Waals surface area contributed by atoms with Crippen molar-refractivity contribution < 1.29 is 48.1 Å². The van der Waals surface area contributed by atoms with Crippen molar-refractivity contribution in [1.82, 2.24) is 24.9 Å². The number of rotatable bonds is 27. The Bertz CT molecular complexity index is 1720. The molecule has 0 bridgehead atoms. The molecule has 0 aromatic heterocycles. The molecule has 0 aromatic carbocycles. The highest BCUT2D eigenvalue weighted by Crippen LogP contribution is 2.56. The molecule has 3 rings (SSSR count). The van der Waals surface area contributed by atoms with Gasteiger partial charge in [-0.15, -0.1) is 0 Å². The van der Waals surface area contributed by atoms with Crippen LogP contribution in [0.1, 0.15) is 126 Å². The van der Waals surface area contributed by atoms with Crippen LogP contribution in [0, 0.1) is 29.1 Å². The highest BCUT2D eigenvalue weighted by atomic mass is 16.5. The number of hydrogen-bond donors (Lipinski definition) is 2. The molecule has 2 saturated heterocycles. The summed E-state index contributed by atoms with van der Waals surface area (Å²) in [5.74, 6) is -3.47. The van der Waals surface area contributed by atoms with Crippen LogP contribution in [0.5, 0.6) is 0 Å². The van der Waals surface area contributed by atoms with E-state index in [2.05, 4.69) is 11.9 Å². The number of allylic oxidation sites excluding steroid dienone is 4. The van der Waals surface area contributed by atoms with Gasteiger partial charge in [-0.3, -0.25) is 33.7 Å². The first-order valence-electron chi connectivity index (χ1n) is 23.4. The molecule has 2 N–H and O–H groups in total. The fraction of sp³-hybridized carbons (Fsp3) is 0.735. The van der Waals surface area contributed by atoms with Gasteiger partial charge in [-0.2, -0.15) is 0 Å². The van der Waals surface area contributed by atoms with Crippen LogP contribution >= 0.6 is 0 Å². The number of unbranched alkanes of at least 4 members (excludes halogenated alkanes) is 2. The van der Waals surface area contributed by atoms with E-state index in [9.17, 15) is 38.7 Å². The van der Waals surface area contributed by atoms with Gasteiger partial charge in [-0.1, -0.05) is 85.3 Å². The largest absolute Gasteiger partial charge is 0.480 e. The molecule has 0 radical (unpaired) electrons. The molecule has 360 valence electrons. The van der Waals surface area contributed by atoms with Crippen LogP contribution in [-0.4, -0.2) is 144 Å². The zero-order chi connectivity index (χ0) is 48.1. The van der Waals surface area contributed by atoms with Crippen LogP contribution in [0.2, 0.25) is 0 Å². The molecular formula is C49H79N5O10. The van der Waals surface area contributed by atoms with E-state index in [1.165, 1.54) is 12.0 Å². The number of hydrogen-bond acceptors (Lipinski definition) is 9. The van der Waals surface area contributed by atoms with Crippen LogP contribution in [-0.2, 0) is 43.0 Å². The molecule has 1 aliphatic carbocycles. The van der Waals surface area contributed by atoms with Crippen molar-refractivity contribution in [3.63, 3.8) is 0 Å². The van der Waals surface area contributed by atoms with Crippen LogP contribution in [0.3, 0.4) is 0 Å². The number of ether oxygens (including phenoxy) is 2. The first kappa shape index (κ1) is 54.0. The Morgan fingerprint density at radius 1 is 0.969 bits per heavy atom. The van der Waals surface area contributed by atoms with Crippen molar-refractivity contribution in [2.45, 2.75) is 162 Å². The van der Waals surface area contributed by atoms with Crippen molar-refractivity contribution in [3.8, 4) is 0 Å². The first-order chi connectivity index (χ1) is 30.2. The van der Waals surface area contributed by atoms with Gasteiger partial charge in [0.15, 0.2) is 0 Å². The Morgan fingerprint density at radius 3 is 2.16 bits per heavy atom. The Hall–Kier alpha value is -4.37. The van der Waals surface area contributed by atoms with E-state index in [-0.39, 0.29) is 90.9 Å². The number of carboxylic acids is 1. The minimum atomic E-state index is -1.18. The lowest BCUT2D eigenvalue weighted by Gasteiger charge is -2.40. The van der Waals surface area contributed by atoms with Crippen LogP contribution < -0.4 is 5.32 Å². The van der Waals surface area contributed by atoms with E-state index in [0.717, 1.165) is 12.8 Å². The molecule has 6 amide bonds. The van der Waals surface area contributed by atoms with E-state index < -0.39 is 48.1 Å². The van der Waals surface area contributed by atoms with Gasteiger partial charge < -0.3 is 34.6 Å². The number of likely N-dealkylation sites (N-methyl/N-ethyl adjacent to an activating group) is 1. The van der Waals surface area contributed by atoms with E-state index in [1.54, 1.807) is 69.2 Å². The monoisotopic (exact) mass is 898 g/mol. The molecule has 2 heterocycles. The maximum Gasteiger partial charge on any atom is 0.326 e. The zero-order valence-corrected chi connectivity index (χ0v) is 40.6. The molecule has 9 atom stereocenters. The van der Waals surface area contributed by atoms with Crippen molar-refractivity contribution in [1.29, 1.82) is 0 Å². The number of imide groups is 1. The summed E-state index contributed by atoms with van der Waals surface area (Å²) in [6.45, 7) is 17.9. The molecule has 1 saturated carbocycles. The first-order valence-corrected chi connectivity index (χ1v) is 23.4. The Morgan fingerprint density at radius 2 is 1.64 bits per heavy atom. The van der Waals surface area contributed by atoms with E-state index in [1.807, 2.05) is 39.5 Å². The van der Waals surface area contributed by atoms with Gasteiger partial charge in [0.25, 0.3) is 0 Å². The summed E-state index contributed by atoms with van der Waals surface area (Å²) in [5.41, 5.74) is 0.631. The van der Waals surface area contributed by atoms with E-state index in [0.29, 0.717) is 50.8 Å². The van der Waals surface area contributed by atoms with Crippen LogP contribution in [0.25, 0.3) is 0 Å². The minimum absolute atomic E-state index is 0.0116. The SMILES string of the molecule is C=C/C=C(\C=C/C)CC(NC(=O)C(C)[C@@H](OC)C1CC2(CC2)CN1C(=O)CC(OC)C(C(C)CC)N(C)C(=O)CC(C(C)C)N(C)C(=O)CCCCCN1C(=O)CC(C)C1=O)C(=O)O. The number of nitrogens with zero attached hydrogens (tertiary/aromatic N) is 4. The summed E-state index contributed by atoms with van der Waals surface area (Å²) in [5, 5.41) is 12.7. The van der Waals surface area contributed by atoms with Crippen molar-refractivity contribution >= 4 is 41.4 Å². The number of carbonyl (C=O) groups is 7. The maximum absolute atomic E-state index is 14.6. The molecule has 8 unspecified atom stereocenters. The summed E-state index contributed by atoms with van der Waals surface area (Å²) in [4.78, 5) is 99.1. The lowest BCUT2D eigenvalue weighted by Crippen LogP contribution is -2.54. The Kier molecular flexibility index (Phi) is 20.9. The zero-order valence-electron chi connectivity index (χ0n) is 40.6. The molecule has 0 aromatic rings. The highest BCUT2D eigenvalue weighted by Gasteiger charge is 2.56. The number of aliphatic carboxylic acids is 1. The topological polar surface area (TPSA) is 183 Å². The predicted molar refractivity (Wildman–Crippen MR) is 245 cm³/mol. The molecule has 2 aliphatic heterocycles. The quantitative estimate of drug-likeness (QED) is 0.0583. The second kappa shape index (κ2) is 24.8. The smallest absolute Gasteiger partial charge is 0.326 e. The number of carbonyl (C=O) groups excluding carboxylic acids is 6. The Labute approximate surface area is 382 Å². The lowest BCUT2D eigenvalue weighted by molar-refractivity contribution is -0.147. The third-order valence-electron chi connectivity index (χ3n) is 14.1. The third-order valence-corrected chi connectivity index (χ3v) is 14.1. The summed E-state index contributed by atoms with van der Waals surface area (Å²) in [6.07, 6.45) is 11.3. The second-order valence-electron chi connectivity index (χ2n) is 19.0. The van der Waals surface area contributed by atoms with Crippen LogP contribution in [0.4, 0.5) is 0 Å². The average Bonchev–Trinajstić information content (AvgIpc) is 3.84. The third kappa shape index (κ3) is 14.1. The average molecular weight is 898 g/mol. The van der Waals surface area contributed by atoms with Gasteiger partial charge in [-0.05, 0) is 61.9 Å². The maximum atomic E-state index is 14.6. The van der Waals surface area contributed by atoms with E-state index in [4.69, 9.17) is 9.47 Å². The predicted octanol–water partition coefficient (Wildman–Crippen LogP) is 5.77. The normalized spacial score (nSPS) is 21.7.